The first-order valence-corrected chi connectivity index (χ1v) is 8.70. The van der Waals surface area contributed by atoms with Crippen molar-refractivity contribution < 1.29 is 14.3 Å². The highest BCUT2D eigenvalue weighted by atomic mass is 16.5. The van der Waals surface area contributed by atoms with Gasteiger partial charge in [-0.3, -0.25) is 4.79 Å². The van der Waals surface area contributed by atoms with E-state index in [0.717, 1.165) is 35.8 Å². The number of rotatable bonds is 5. The van der Waals surface area contributed by atoms with Crippen molar-refractivity contribution in [1.29, 1.82) is 0 Å². The maximum Gasteiger partial charge on any atom is 0.246 e. The van der Waals surface area contributed by atoms with Gasteiger partial charge in [-0.05, 0) is 35.9 Å². The Morgan fingerprint density at radius 3 is 2.27 bits per heavy atom. The highest BCUT2D eigenvalue weighted by Crippen LogP contribution is 2.28. The third kappa shape index (κ3) is 4.17. The number of para-hydroxylation sites is 2. The monoisotopic (exact) mass is 352 g/mol. The largest absolute Gasteiger partial charge is 0.497 e. The van der Waals surface area contributed by atoms with Crippen molar-refractivity contribution in [3.63, 3.8) is 0 Å². The minimum absolute atomic E-state index is 0.0421. The van der Waals surface area contributed by atoms with Gasteiger partial charge in [0.1, 0.15) is 11.5 Å². The molecule has 5 nitrogen and oxygen atoms in total. The van der Waals surface area contributed by atoms with E-state index in [9.17, 15) is 4.79 Å². The summed E-state index contributed by atoms with van der Waals surface area (Å²) in [5.74, 6) is 1.72. The summed E-state index contributed by atoms with van der Waals surface area (Å²) in [7, 11) is 3.32. The molecule has 0 N–H and O–H groups in total. The highest BCUT2D eigenvalue weighted by Gasteiger charge is 2.21. The molecule has 26 heavy (non-hydrogen) atoms. The summed E-state index contributed by atoms with van der Waals surface area (Å²) in [6, 6.07) is 15.6. The Kier molecular flexibility index (Phi) is 5.79. The van der Waals surface area contributed by atoms with Gasteiger partial charge in [-0.15, -0.1) is 0 Å². The molecule has 0 atom stereocenters. The van der Waals surface area contributed by atoms with Crippen LogP contribution in [0.4, 0.5) is 5.69 Å². The first-order chi connectivity index (χ1) is 12.7. The van der Waals surface area contributed by atoms with Crippen molar-refractivity contribution in [1.82, 2.24) is 4.90 Å². The van der Waals surface area contributed by atoms with Gasteiger partial charge in [-0.1, -0.05) is 24.3 Å². The van der Waals surface area contributed by atoms with Gasteiger partial charge in [-0.2, -0.15) is 0 Å². The highest BCUT2D eigenvalue weighted by molar-refractivity contribution is 5.92. The molecule has 1 heterocycles. The van der Waals surface area contributed by atoms with Crippen LogP contribution in [0.25, 0.3) is 6.08 Å². The molecule has 0 bridgehead atoms. The topological polar surface area (TPSA) is 42.0 Å². The third-order valence-electron chi connectivity index (χ3n) is 4.55. The number of nitrogens with zero attached hydrogens (tertiary/aromatic N) is 2. The van der Waals surface area contributed by atoms with Crippen LogP contribution in [-0.4, -0.2) is 51.2 Å². The van der Waals surface area contributed by atoms with Gasteiger partial charge < -0.3 is 19.3 Å². The van der Waals surface area contributed by atoms with Gasteiger partial charge in [0.2, 0.25) is 5.91 Å². The maximum absolute atomic E-state index is 12.4. The summed E-state index contributed by atoms with van der Waals surface area (Å²) >= 11 is 0. The van der Waals surface area contributed by atoms with Gasteiger partial charge in [0, 0.05) is 32.3 Å². The quantitative estimate of drug-likeness (QED) is 0.776. The number of carbonyl (C=O) groups is 1. The van der Waals surface area contributed by atoms with E-state index in [1.54, 1.807) is 20.3 Å². The van der Waals surface area contributed by atoms with Crippen LogP contribution in [0.2, 0.25) is 0 Å². The molecule has 0 aromatic heterocycles. The van der Waals surface area contributed by atoms with Crippen LogP contribution >= 0.6 is 0 Å². The number of anilines is 1. The second kappa shape index (κ2) is 8.43. The van der Waals surface area contributed by atoms with Crippen LogP contribution in [0.5, 0.6) is 11.5 Å². The second-order valence-corrected chi connectivity index (χ2v) is 6.09. The van der Waals surface area contributed by atoms with E-state index in [-0.39, 0.29) is 5.91 Å². The van der Waals surface area contributed by atoms with Crippen LogP contribution in [0.1, 0.15) is 5.56 Å². The van der Waals surface area contributed by atoms with Crippen molar-refractivity contribution >= 4 is 17.7 Å². The van der Waals surface area contributed by atoms with Gasteiger partial charge in [0.25, 0.3) is 0 Å². The Hall–Kier alpha value is -2.95. The molecule has 2 aromatic carbocycles. The Balaban J connectivity index is 1.57. The van der Waals surface area contributed by atoms with Crippen LogP contribution in [0.3, 0.4) is 0 Å². The Morgan fingerprint density at radius 1 is 0.923 bits per heavy atom. The molecule has 0 radical (unpaired) electrons. The average molecular weight is 352 g/mol. The number of piperazine rings is 1. The maximum atomic E-state index is 12.4. The molecule has 1 saturated heterocycles. The standard InChI is InChI=1S/C21H24N2O3/c1-25-18-10-7-17(8-11-18)9-12-21(24)23-15-13-22(14-16-23)19-5-3-4-6-20(19)26-2/h3-12H,13-16H2,1-2H3. The molecule has 0 spiro atoms. The van der Waals surface area contributed by atoms with E-state index in [4.69, 9.17) is 9.47 Å². The smallest absolute Gasteiger partial charge is 0.246 e. The molecule has 2 aromatic rings. The number of hydrogen-bond acceptors (Lipinski definition) is 4. The predicted octanol–water partition coefficient (Wildman–Crippen LogP) is 3.07. The van der Waals surface area contributed by atoms with E-state index in [2.05, 4.69) is 11.0 Å². The molecule has 0 saturated carbocycles. The predicted molar refractivity (Wildman–Crippen MR) is 104 cm³/mol. The normalized spacial score (nSPS) is 14.5. The molecule has 1 amide bonds. The fourth-order valence-electron chi connectivity index (χ4n) is 3.05. The fourth-order valence-corrected chi connectivity index (χ4v) is 3.05. The summed E-state index contributed by atoms with van der Waals surface area (Å²) in [6.45, 7) is 2.98. The Bertz CT molecular complexity index is 763. The first kappa shape index (κ1) is 17.9. The fraction of sp³-hybridized carbons (Fsp3) is 0.286. The summed E-state index contributed by atoms with van der Waals surface area (Å²) < 4.78 is 10.6. The SMILES string of the molecule is COc1ccc(C=CC(=O)N2CCN(c3ccccc3OC)CC2)cc1. The average Bonchev–Trinajstić information content (AvgIpc) is 2.72. The van der Waals surface area contributed by atoms with Crippen molar-refractivity contribution in [3.05, 3.63) is 60.2 Å². The van der Waals surface area contributed by atoms with E-state index in [1.165, 1.54) is 0 Å². The third-order valence-corrected chi connectivity index (χ3v) is 4.55. The van der Waals surface area contributed by atoms with Crippen molar-refractivity contribution in [2.45, 2.75) is 0 Å². The van der Waals surface area contributed by atoms with Gasteiger partial charge >= 0.3 is 0 Å². The van der Waals surface area contributed by atoms with Crippen LogP contribution in [-0.2, 0) is 4.79 Å². The van der Waals surface area contributed by atoms with Crippen molar-refractivity contribution in [2.24, 2.45) is 0 Å². The second-order valence-electron chi connectivity index (χ2n) is 6.09. The summed E-state index contributed by atoms with van der Waals surface area (Å²) in [6.07, 6.45) is 3.48. The molecule has 0 unspecified atom stereocenters. The lowest BCUT2D eigenvalue weighted by molar-refractivity contribution is -0.126. The van der Waals surface area contributed by atoms with Crippen LogP contribution in [0, 0.1) is 0 Å². The number of carbonyl (C=O) groups excluding carboxylic acids is 1. The molecule has 0 aliphatic carbocycles. The summed E-state index contributed by atoms with van der Waals surface area (Å²) in [5.41, 5.74) is 2.06. The molecule has 1 fully saturated rings. The number of hydrogen-bond donors (Lipinski definition) is 0. The zero-order valence-corrected chi connectivity index (χ0v) is 15.2. The van der Waals surface area contributed by atoms with Gasteiger partial charge in [-0.25, -0.2) is 0 Å². The minimum atomic E-state index is 0.0421. The molecule has 136 valence electrons. The summed E-state index contributed by atoms with van der Waals surface area (Å²) in [4.78, 5) is 16.6. The van der Waals surface area contributed by atoms with Crippen molar-refractivity contribution in [3.8, 4) is 11.5 Å². The zero-order valence-electron chi connectivity index (χ0n) is 15.2. The lowest BCUT2D eigenvalue weighted by Gasteiger charge is -2.36. The number of methoxy groups -OCH3 is 2. The van der Waals surface area contributed by atoms with E-state index >= 15 is 0 Å². The van der Waals surface area contributed by atoms with E-state index in [1.807, 2.05) is 53.4 Å². The molecule has 1 aliphatic heterocycles. The van der Waals surface area contributed by atoms with E-state index in [0.29, 0.717) is 13.1 Å². The first-order valence-electron chi connectivity index (χ1n) is 8.70. The number of amides is 1. The van der Waals surface area contributed by atoms with Crippen LogP contribution < -0.4 is 14.4 Å². The molecule has 3 rings (SSSR count). The molecular weight excluding hydrogens is 328 g/mol. The van der Waals surface area contributed by atoms with Crippen LogP contribution in [0.15, 0.2) is 54.6 Å². The zero-order chi connectivity index (χ0) is 18.4. The van der Waals surface area contributed by atoms with E-state index < -0.39 is 0 Å². The number of benzene rings is 2. The molecule has 5 heteroatoms. The van der Waals surface area contributed by atoms with Gasteiger partial charge in [0.15, 0.2) is 0 Å². The molecule has 1 aliphatic rings. The Morgan fingerprint density at radius 2 is 1.62 bits per heavy atom. The summed E-state index contributed by atoms with van der Waals surface area (Å²) in [5, 5.41) is 0. The Labute approximate surface area is 154 Å². The lowest BCUT2D eigenvalue weighted by atomic mass is 10.2. The van der Waals surface area contributed by atoms with Crippen molar-refractivity contribution in [2.75, 3.05) is 45.3 Å². The van der Waals surface area contributed by atoms with Gasteiger partial charge in [0.05, 0.1) is 19.9 Å². The molecular formula is C21H24N2O3. The minimum Gasteiger partial charge on any atom is -0.497 e. The number of ether oxygens (including phenoxy) is 2. The lowest BCUT2D eigenvalue weighted by Crippen LogP contribution is -2.48.